The zero-order chi connectivity index (χ0) is 12.6. The lowest BCUT2D eigenvalue weighted by Crippen LogP contribution is -2.57. The van der Waals surface area contributed by atoms with Crippen LogP contribution in [0, 0.1) is 19.8 Å². The van der Waals surface area contributed by atoms with Crippen molar-refractivity contribution >= 4 is 34.1 Å². The van der Waals surface area contributed by atoms with Gasteiger partial charge in [0.2, 0.25) is 0 Å². The van der Waals surface area contributed by atoms with Crippen LogP contribution in [0.2, 0.25) is 0 Å². The minimum atomic E-state index is 0.322. The average molecular weight is 374 g/mol. The highest BCUT2D eigenvalue weighted by Gasteiger charge is 2.61. The highest BCUT2D eigenvalue weighted by atomic mass is 127. The Morgan fingerprint density at radius 2 is 1.78 bits per heavy atom. The van der Waals surface area contributed by atoms with E-state index in [4.69, 9.17) is 9.36 Å². The fourth-order valence-electron chi connectivity index (χ4n) is 6.12. The third kappa shape index (κ3) is 1.63. The molecule has 4 fully saturated rings. The Balaban J connectivity index is 1.82. The number of rotatable bonds is 1. The van der Waals surface area contributed by atoms with Gasteiger partial charge in [0.05, 0.1) is 0 Å². The smallest absolute Gasteiger partial charge is 0.173 e. The van der Waals surface area contributed by atoms with Crippen LogP contribution in [0.15, 0.2) is 0 Å². The third-order valence-corrected chi connectivity index (χ3v) is 6.84. The Hall–Kier alpha value is 0.290. The second-order valence-electron chi connectivity index (χ2n) is 7.78. The van der Waals surface area contributed by atoms with Crippen molar-refractivity contribution in [3.8, 4) is 0 Å². The van der Waals surface area contributed by atoms with Crippen molar-refractivity contribution in [3.05, 3.63) is 8.84 Å². The SMILES string of the molecule is CC12CC3CC(C)(C1)CC(c1nsc(I)n1)(C3)C2. The van der Waals surface area contributed by atoms with Crippen molar-refractivity contribution in [2.45, 2.75) is 57.8 Å². The maximum atomic E-state index is 4.76. The molecular formula is C14H19IN2S. The molecule has 4 heteroatoms. The first-order valence-corrected chi connectivity index (χ1v) is 8.76. The van der Waals surface area contributed by atoms with Crippen LogP contribution in [0.4, 0.5) is 0 Å². The van der Waals surface area contributed by atoms with Gasteiger partial charge in [-0.15, -0.1) is 0 Å². The first-order valence-electron chi connectivity index (χ1n) is 6.90. The number of hydrogen-bond acceptors (Lipinski definition) is 3. The molecular weight excluding hydrogens is 355 g/mol. The molecule has 4 aliphatic rings. The van der Waals surface area contributed by atoms with Gasteiger partial charge in [-0.3, -0.25) is 0 Å². The normalized spacial score (nSPS) is 49.8. The topological polar surface area (TPSA) is 25.8 Å². The van der Waals surface area contributed by atoms with Gasteiger partial charge in [0.15, 0.2) is 3.01 Å². The molecule has 4 aliphatic carbocycles. The van der Waals surface area contributed by atoms with Gasteiger partial charge >= 0.3 is 0 Å². The summed E-state index contributed by atoms with van der Waals surface area (Å²) in [4.78, 5) is 4.76. The van der Waals surface area contributed by atoms with Crippen LogP contribution in [-0.4, -0.2) is 9.36 Å². The van der Waals surface area contributed by atoms with Gasteiger partial charge in [-0.2, -0.15) is 4.37 Å². The van der Waals surface area contributed by atoms with Crippen LogP contribution in [0.25, 0.3) is 0 Å². The van der Waals surface area contributed by atoms with E-state index in [1.165, 1.54) is 44.3 Å². The third-order valence-electron chi connectivity index (χ3n) is 5.50. The predicted octanol–water partition coefficient (Wildman–Crippen LogP) is 4.39. The molecule has 4 bridgehead atoms. The summed E-state index contributed by atoms with van der Waals surface area (Å²) in [7, 11) is 0. The minimum Gasteiger partial charge on any atom is -0.213 e. The Morgan fingerprint density at radius 1 is 1.11 bits per heavy atom. The molecule has 2 unspecified atom stereocenters. The van der Waals surface area contributed by atoms with E-state index in [0.29, 0.717) is 16.2 Å². The van der Waals surface area contributed by atoms with Gasteiger partial charge < -0.3 is 0 Å². The van der Waals surface area contributed by atoms with Crippen molar-refractivity contribution in [1.29, 1.82) is 0 Å². The Bertz CT molecular complexity index is 494. The predicted molar refractivity (Wildman–Crippen MR) is 81.7 cm³/mol. The van der Waals surface area contributed by atoms with Crippen LogP contribution in [-0.2, 0) is 5.41 Å². The minimum absolute atomic E-state index is 0.322. The molecule has 0 saturated heterocycles. The molecule has 0 radical (unpaired) electrons. The summed E-state index contributed by atoms with van der Waals surface area (Å²) in [5.74, 6) is 2.11. The molecule has 2 atom stereocenters. The number of halogens is 1. The fourth-order valence-corrected chi connectivity index (χ4v) is 7.16. The first-order chi connectivity index (χ1) is 8.41. The van der Waals surface area contributed by atoms with E-state index in [0.717, 1.165) is 8.93 Å². The lowest BCUT2D eigenvalue weighted by Gasteiger charge is -2.64. The van der Waals surface area contributed by atoms with Crippen LogP contribution >= 0.6 is 34.1 Å². The maximum absolute atomic E-state index is 4.76. The molecule has 5 rings (SSSR count). The molecule has 4 saturated carbocycles. The average Bonchev–Trinajstić information content (AvgIpc) is 2.59. The van der Waals surface area contributed by atoms with E-state index < -0.39 is 0 Å². The van der Waals surface area contributed by atoms with Gasteiger partial charge in [-0.25, -0.2) is 4.98 Å². The zero-order valence-corrected chi connectivity index (χ0v) is 14.0. The molecule has 1 aromatic heterocycles. The van der Waals surface area contributed by atoms with Crippen LogP contribution < -0.4 is 0 Å². The summed E-state index contributed by atoms with van der Waals surface area (Å²) in [6.07, 6.45) is 8.35. The fraction of sp³-hybridized carbons (Fsp3) is 0.857. The van der Waals surface area contributed by atoms with E-state index in [-0.39, 0.29) is 0 Å². The number of aromatic nitrogens is 2. The molecule has 0 aromatic carbocycles. The molecule has 98 valence electrons. The summed E-state index contributed by atoms with van der Waals surface area (Å²) >= 11 is 3.89. The monoisotopic (exact) mass is 374 g/mol. The summed E-state index contributed by atoms with van der Waals surface area (Å²) in [6, 6.07) is 0. The molecule has 0 aliphatic heterocycles. The van der Waals surface area contributed by atoms with Crippen molar-refractivity contribution in [2.75, 3.05) is 0 Å². The highest BCUT2D eigenvalue weighted by Crippen LogP contribution is 2.69. The van der Waals surface area contributed by atoms with E-state index in [9.17, 15) is 0 Å². The zero-order valence-electron chi connectivity index (χ0n) is 11.0. The van der Waals surface area contributed by atoms with E-state index in [1.807, 2.05) is 0 Å². The second kappa shape index (κ2) is 3.48. The standard InChI is InChI=1S/C14H19IN2S/c1-12-3-9-4-13(2,6-12)8-14(5-9,7-12)10-16-11(15)18-17-10/h9H,3-8H2,1-2H3. The number of nitrogens with zero attached hydrogens (tertiary/aromatic N) is 2. The van der Waals surface area contributed by atoms with Gasteiger partial charge in [-0.05, 0) is 89.4 Å². The van der Waals surface area contributed by atoms with Crippen molar-refractivity contribution in [2.24, 2.45) is 16.7 Å². The summed E-state index contributed by atoms with van der Waals surface area (Å²) in [6.45, 7) is 5.03. The van der Waals surface area contributed by atoms with Gasteiger partial charge in [-0.1, -0.05) is 13.8 Å². The first kappa shape index (κ1) is 12.1. The second-order valence-corrected chi connectivity index (χ2v) is 10.3. The van der Waals surface area contributed by atoms with Crippen molar-refractivity contribution in [3.63, 3.8) is 0 Å². The van der Waals surface area contributed by atoms with Crippen LogP contribution in [0.1, 0.15) is 58.2 Å². The Labute approximate surface area is 126 Å². The quantitative estimate of drug-likeness (QED) is 0.682. The molecule has 18 heavy (non-hydrogen) atoms. The molecule has 0 N–H and O–H groups in total. The lowest BCUT2D eigenvalue weighted by atomic mass is 9.40. The molecule has 1 heterocycles. The van der Waals surface area contributed by atoms with Gasteiger partial charge in [0.25, 0.3) is 0 Å². The summed E-state index contributed by atoms with van der Waals surface area (Å²) in [5.41, 5.74) is 1.44. The van der Waals surface area contributed by atoms with E-state index in [2.05, 4.69) is 36.4 Å². The van der Waals surface area contributed by atoms with Crippen molar-refractivity contribution < 1.29 is 0 Å². The lowest BCUT2D eigenvalue weighted by molar-refractivity contribution is -0.112. The van der Waals surface area contributed by atoms with Crippen LogP contribution in [0.5, 0.6) is 0 Å². The molecule has 0 spiro atoms. The summed E-state index contributed by atoms with van der Waals surface area (Å²) in [5, 5.41) is 0. The van der Waals surface area contributed by atoms with Gasteiger partial charge in [0.1, 0.15) is 5.82 Å². The van der Waals surface area contributed by atoms with Crippen molar-refractivity contribution in [1.82, 2.24) is 9.36 Å². The Morgan fingerprint density at radius 3 is 2.28 bits per heavy atom. The maximum Gasteiger partial charge on any atom is 0.173 e. The van der Waals surface area contributed by atoms with E-state index >= 15 is 0 Å². The molecule has 1 aromatic rings. The Kier molecular flexibility index (Phi) is 2.33. The largest absolute Gasteiger partial charge is 0.213 e. The number of hydrogen-bond donors (Lipinski definition) is 0. The molecule has 2 nitrogen and oxygen atoms in total. The van der Waals surface area contributed by atoms with Crippen LogP contribution in [0.3, 0.4) is 0 Å². The van der Waals surface area contributed by atoms with E-state index in [1.54, 1.807) is 11.5 Å². The summed E-state index contributed by atoms with van der Waals surface area (Å²) < 4.78 is 5.80. The molecule has 0 amide bonds. The highest BCUT2D eigenvalue weighted by molar-refractivity contribution is 14.1. The van der Waals surface area contributed by atoms with Gasteiger partial charge in [0, 0.05) is 5.41 Å².